The van der Waals surface area contributed by atoms with Crippen molar-refractivity contribution in [2.24, 2.45) is 0 Å². The molecule has 1 atom stereocenters. The zero-order valence-electron chi connectivity index (χ0n) is 9.68. The van der Waals surface area contributed by atoms with E-state index in [1.54, 1.807) is 0 Å². The molecule has 0 spiro atoms. The van der Waals surface area contributed by atoms with Gasteiger partial charge in [0.25, 0.3) is 5.69 Å². The van der Waals surface area contributed by atoms with Crippen molar-refractivity contribution in [2.45, 2.75) is 13.0 Å². The summed E-state index contributed by atoms with van der Waals surface area (Å²) in [6.07, 6.45) is -1.03. The van der Waals surface area contributed by atoms with Crippen molar-refractivity contribution in [3.05, 3.63) is 27.3 Å². The van der Waals surface area contributed by atoms with Gasteiger partial charge in [-0.3, -0.25) is 10.1 Å². The second kappa shape index (κ2) is 5.85. The average molecular weight is 393 g/mol. The minimum absolute atomic E-state index is 0.0121. The Balaban J connectivity index is 2.75. The fourth-order valence-corrected chi connectivity index (χ4v) is 2.28. The molecular formula is C11H8INO5S. The third kappa shape index (κ3) is 2.72. The summed E-state index contributed by atoms with van der Waals surface area (Å²) < 4.78 is 10.4. The van der Waals surface area contributed by atoms with Gasteiger partial charge in [0.1, 0.15) is 0 Å². The Morgan fingerprint density at radius 3 is 2.95 bits per heavy atom. The highest BCUT2D eigenvalue weighted by molar-refractivity contribution is 14.2. The minimum atomic E-state index is -1.03. The predicted octanol–water partition coefficient (Wildman–Crippen LogP) is 2.77. The van der Waals surface area contributed by atoms with Gasteiger partial charge in [-0.15, -0.1) is 0 Å². The third-order valence-corrected chi connectivity index (χ3v) is 3.35. The van der Waals surface area contributed by atoms with Crippen LogP contribution in [0.5, 0.6) is 11.5 Å². The van der Waals surface area contributed by atoms with E-state index in [4.69, 9.17) is 9.47 Å². The summed E-state index contributed by atoms with van der Waals surface area (Å²) in [5, 5.41) is 23.6. The number of halogens is 1. The van der Waals surface area contributed by atoms with Crippen LogP contribution in [0.15, 0.2) is 6.07 Å². The molecule has 0 aromatic heterocycles. The lowest BCUT2D eigenvalue weighted by molar-refractivity contribution is -0.386. The second-order valence-electron chi connectivity index (χ2n) is 3.66. The van der Waals surface area contributed by atoms with Gasteiger partial charge in [0.05, 0.1) is 28.2 Å². The number of nitro groups is 1. The fraction of sp³-hybridized carbons (Fsp3) is 0.273. The van der Waals surface area contributed by atoms with Crippen LogP contribution in [0.4, 0.5) is 5.69 Å². The summed E-state index contributed by atoms with van der Waals surface area (Å²) in [5.41, 5.74) is 0.232. The Morgan fingerprint density at radius 2 is 2.37 bits per heavy atom. The first-order valence-electron chi connectivity index (χ1n) is 5.13. The maximum absolute atomic E-state index is 11.1. The fourth-order valence-electron chi connectivity index (χ4n) is 1.81. The lowest BCUT2D eigenvalue weighted by atomic mass is 10.00. The predicted molar refractivity (Wildman–Crippen MR) is 78.3 cm³/mol. The molecule has 19 heavy (non-hydrogen) atoms. The van der Waals surface area contributed by atoms with Crippen LogP contribution in [0, 0.1) is 21.3 Å². The van der Waals surface area contributed by atoms with E-state index < -0.39 is 11.0 Å². The number of nitrogens with zero attached hydrogens (tertiary/aromatic N) is 1. The van der Waals surface area contributed by atoms with Gasteiger partial charge < -0.3 is 14.6 Å². The summed E-state index contributed by atoms with van der Waals surface area (Å²) in [6.45, 7) is 1.44. The number of nitro benzene ring substituents is 1. The highest BCUT2D eigenvalue weighted by Gasteiger charge is 2.30. The van der Waals surface area contributed by atoms with Crippen LogP contribution in [0.25, 0.3) is 0 Å². The van der Waals surface area contributed by atoms with Gasteiger partial charge in [0, 0.05) is 21.2 Å². The Kier molecular flexibility index (Phi) is 4.38. The molecule has 1 aliphatic rings. The van der Waals surface area contributed by atoms with Gasteiger partial charge in [-0.2, -0.15) is 0 Å². The van der Waals surface area contributed by atoms with Crippen molar-refractivity contribution < 1.29 is 19.5 Å². The molecule has 1 heterocycles. The van der Waals surface area contributed by atoms with Gasteiger partial charge in [0.2, 0.25) is 6.79 Å². The van der Waals surface area contributed by atoms with Gasteiger partial charge >= 0.3 is 0 Å². The van der Waals surface area contributed by atoms with Gasteiger partial charge in [0.15, 0.2) is 11.5 Å². The van der Waals surface area contributed by atoms with E-state index in [2.05, 4.69) is 11.2 Å². The van der Waals surface area contributed by atoms with Crippen LogP contribution in [-0.4, -0.2) is 16.8 Å². The number of hydrogen-bond acceptors (Lipinski definition) is 6. The van der Waals surface area contributed by atoms with Gasteiger partial charge in [-0.1, -0.05) is 0 Å². The largest absolute Gasteiger partial charge is 0.453 e. The Hall–Kier alpha value is -1.18. The van der Waals surface area contributed by atoms with E-state index >= 15 is 0 Å². The summed E-state index contributed by atoms with van der Waals surface area (Å²) in [7, 11) is 1.24. The summed E-state index contributed by atoms with van der Waals surface area (Å²) >= 11 is 1.99. The third-order valence-electron chi connectivity index (χ3n) is 2.51. The van der Waals surface area contributed by atoms with Crippen molar-refractivity contribution in [1.82, 2.24) is 0 Å². The minimum Gasteiger partial charge on any atom is -0.453 e. The Bertz CT molecular complexity index is 593. The number of rotatable bonds is 2. The summed E-state index contributed by atoms with van der Waals surface area (Å²) in [6, 6.07) is 1.26. The van der Waals surface area contributed by atoms with Crippen molar-refractivity contribution >= 4 is 35.8 Å². The standard InChI is InChI=1S/C11H8INO5S/c1-6(14)10-7(2-3-19-12)11-9(17-5-18-11)4-8(10)13(15)16/h4,6,14H,5H2,1H3. The quantitative estimate of drug-likeness (QED) is 0.360. The molecular weight excluding hydrogens is 385 g/mol. The summed E-state index contributed by atoms with van der Waals surface area (Å²) in [4.78, 5) is 10.5. The smallest absolute Gasteiger partial charge is 0.280 e. The zero-order chi connectivity index (χ0) is 14.0. The first-order chi connectivity index (χ1) is 9.06. The molecule has 1 aromatic carbocycles. The maximum atomic E-state index is 11.1. The van der Waals surface area contributed by atoms with Crippen LogP contribution in [0.3, 0.4) is 0 Å². The average Bonchev–Trinajstić information content (AvgIpc) is 2.82. The monoisotopic (exact) mass is 393 g/mol. The van der Waals surface area contributed by atoms with Crippen LogP contribution in [-0.2, 0) is 0 Å². The second-order valence-corrected chi connectivity index (χ2v) is 5.34. The molecule has 8 heteroatoms. The highest BCUT2D eigenvalue weighted by Crippen LogP contribution is 2.44. The molecule has 1 aliphatic heterocycles. The molecule has 0 aliphatic carbocycles. The van der Waals surface area contributed by atoms with Crippen LogP contribution in [0.2, 0.25) is 0 Å². The number of hydrogen-bond donors (Lipinski definition) is 1. The van der Waals surface area contributed by atoms with E-state index in [9.17, 15) is 15.2 Å². The molecule has 2 rings (SSSR count). The van der Waals surface area contributed by atoms with Gasteiger partial charge in [-0.05, 0) is 27.0 Å². The maximum Gasteiger partial charge on any atom is 0.280 e. The van der Waals surface area contributed by atoms with E-state index in [0.717, 1.165) is 0 Å². The number of aliphatic hydroxyl groups is 1. The van der Waals surface area contributed by atoms with Crippen LogP contribution in [0.1, 0.15) is 24.2 Å². The first-order valence-corrected chi connectivity index (χ1v) is 8.49. The number of ether oxygens (including phenoxy) is 2. The molecule has 100 valence electrons. The van der Waals surface area contributed by atoms with E-state index in [0.29, 0.717) is 11.3 Å². The molecule has 0 radical (unpaired) electrons. The molecule has 0 saturated heterocycles. The van der Waals surface area contributed by atoms with Crippen LogP contribution < -0.4 is 9.47 Å². The topological polar surface area (TPSA) is 81.8 Å². The van der Waals surface area contributed by atoms with E-state index in [1.807, 2.05) is 21.2 Å². The molecule has 6 nitrogen and oxygen atoms in total. The van der Waals surface area contributed by atoms with E-state index in [-0.39, 0.29) is 23.8 Å². The highest BCUT2D eigenvalue weighted by atomic mass is 127. The van der Waals surface area contributed by atoms with Crippen molar-refractivity contribution in [1.29, 1.82) is 0 Å². The van der Waals surface area contributed by atoms with Crippen molar-refractivity contribution in [2.75, 3.05) is 6.79 Å². The first kappa shape index (κ1) is 14.2. The Morgan fingerprint density at radius 1 is 1.63 bits per heavy atom. The van der Waals surface area contributed by atoms with E-state index in [1.165, 1.54) is 21.9 Å². The molecule has 1 unspecified atom stereocenters. The number of fused-ring (bicyclic) bond motifs is 1. The van der Waals surface area contributed by atoms with Crippen LogP contribution >= 0.6 is 30.1 Å². The molecule has 1 aromatic rings. The lowest BCUT2D eigenvalue weighted by Gasteiger charge is -2.10. The molecule has 1 N–H and O–H groups in total. The normalized spacial score (nSPS) is 13.6. The van der Waals surface area contributed by atoms with Crippen molar-refractivity contribution in [3.8, 4) is 22.7 Å². The summed E-state index contributed by atoms with van der Waals surface area (Å²) in [5.74, 6) is 3.40. The molecule has 0 bridgehead atoms. The van der Waals surface area contributed by atoms with Gasteiger partial charge in [-0.25, -0.2) is 0 Å². The zero-order valence-corrected chi connectivity index (χ0v) is 12.6. The molecule has 0 amide bonds. The Labute approximate surface area is 125 Å². The molecule has 0 fully saturated rings. The lowest BCUT2D eigenvalue weighted by Crippen LogP contribution is -2.03. The number of aliphatic hydroxyl groups excluding tert-OH is 1. The molecule has 0 saturated carbocycles. The van der Waals surface area contributed by atoms with Crippen molar-refractivity contribution in [3.63, 3.8) is 0 Å². The SMILES string of the molecule is CC(O)c1c([N+](=O)[O-])cc2c(c1C#CSI)OCO2. The number of benzene rings is 1.